The van der Waals surface area contributed by atoms with Gasteiger partial charge in [-0.15, -0.1) is 0 Å². The smallest absolute Gasteiger partial charge is 0.271 e. The minimum absolute atomic E-state index is 0.149. The second kappa shape index (κ2) is 5.58. The summed E-state index contributed by atoms with van der Waals surface area (Å²) in [6.07, 6.45) is 5.54. The molecule has 0 amide bonds. The Balaban J connectivity index is 2.10. The Labute approximate surface area is 120 Å². The van der Waals surface area contributed by atoms with Crippen molar-refractivity contribution in [3.05, 3.63) is 74.8 Å². The Morgan fingerprint density at radius 3 is 2.52 bits per heavy atom. The number of aromatic amines is 3. The summed E-state index contributed by atoms with van der Waals surface area (Å²) in [5.41, 5.74) is 1.71. The number of hydrogen-bond acceptors (Lipinski definition) is 2. The second-order valence-electron chi connectivity index (χ2n) is 4.59. The molecule has 0 bridgehead atoms. The first kappa shape index (κ1) is 13.1. The number of aromatic nitrogens is 3. The molecule has 0 aliphatic carbocycles. The topological polar surface area (TPSA) is 73.7 Å². The van der Waals surface area contributed by atoms with Crippen molar-refractivity contribution in [1.29, 1.82) is 0 Å². The lowest BCUT2D eigenvalue weighted by Gasteiger charge is -1.98. The van der Waals surface area contributed by atoms with E-state index in [1.165, 1.54) is 0 Å². The van der Waals surface area contributed by atoms with Crippen molar-refractivity contribution in [2.45, 2.75) is 0 Å². The van der Waals surface area contributed by atoms with Crippen molar-refractivity contribution in [1.82, 2.24) is 15.2 Å². The van der Waals surface area contributed by atoms with Crippen molar-refractivity contribution in [3.63, 3.8) is 0 Å². The first-order valence-corrected chi connectivity index (χ1v) is 6.54. The first-order chi connectivity index (χ1) is 10.3. The summed E-state index contributed by atoms with van der Waals surface area (Å²) in [5, 5.41) is 6.83. The summed E-state index contributed by atoms with van der Waals surface area (Å²) in [6.45, 7) is 0. The van der Waals surface area contributed by atoms with Gasteiger partial charge in [-0.2, -0.15) is 0 Å². The third-order valence-corrected chi connectivity index (χ3v) is 3.19. The van der Waals surface area contributed by atoms with Crippen LogP contribution in [0, 0.1) is 0 Å². The third kappa shape index (κ3) is 2.81. The van der Waals surface area contributed by atoms with Crippen molar-refractivity contribution in [2.75, 3.05) is 7.11 Å². The molecular formula is C16H15N3O2. The molecule has 3 N–H and O–H groups in total. The molecule has 3 aromatic rings. The fourth-order valence-electron chi connectivity index (χ4n) is 2.09. The molecule has 0 saturated heterocycles. The van der Waals surface area contributed by atoms with E-state index in [-0.39, 0.29) is 5.56 Å². The molecule has 2 aromatic heterocycles. The fraction of sp³-hybridized carbons (Fsp3) is 0.0625. The second-order valence-corrected chi connectivity index (χ2v) is 4.59. The van der Waals surface area contributed by atoms with Gasteiger partial charge < -0.3 is 9.72 Å². The maximum Gasteiger partial charge on any atom is 0.271 e. The normalized spacial score (nSPS) is 12.8. The van der Waals surface area contributed by atoms with Crippen LogP contribution in [0.1, 0.15) is 11.3 Å². The molecule has 0 fully saturated rings. The van der Waals surface area contributed by atoms with E-state index in [4.69, 9.17) is 4.74 Å². The van der Waals surface area contributed by atoms with Crippen LogP contribution in [0.4, 0.5) is 0 Å². The maximum atomic E-state index is 11.9. The number of benzene rings is 1. The molecule has 0 radical (unpaired) electrons. The average molecular weight is 281 g/mol. The van der Waals surface area contributed by atoms with Gasteiger partial charge in [-0.05, 0) is 42.0 Å². The van der Waals surface area contributed by atoms with Gasteiger partial charge in [-0.25, -0.2) is 0 Å². The zero-order chi connectivity index (χ0) is 14.7. The minimum atomic E-state index is -0.149. The lowest BCUT2D eigenvalue weighted by Crippen LogP contribution is -2.33. The molecule has 1 aromatic carbocycles. The van der Waals surface area contributed by atoms with Crippen molar-refractivity contribution in [3.8, 4) is 5.75 Å². The van der Waals surface area contributed by atoms with Crippen LogP contribution in [0.25, 0.3) is 12.2 Å². The molecule has 0 saturated carbocycles. The van der Waals surface area contributed by atoms with E-state index < -0.39 is 0 Å². The van der Waals surface area contributed by atoms with Crippen LogP contribution in [0.3, 0.4) is 0 Å². The summed E-state index contributed by atoms with van der Waals surface area (Å²) in [7, 11) is 1.63. The molecule has 0 aliphatic heterocycles. The van der Waals surface area contributed by atoms with Crippen LogP contribution >= 0.6 is 0 Å². The van der Waals surface area contributed by atoms with Gasteiger partial charge in [-0.1, -0.05) is 12.1 Å². The van der Waals surface area contributed by atoms with Gasteiger partial charge >= 0.3 is 0 Å². The van der Waals surface area contributed by atoms with E-state index in [9.17, 15) is 4.79 Å². The quantitative estimate of drug-likeness (QED) is 0.661. The first-order valence-electron chi connectivity index (χ1n) is 6.54. The van der Waals surface area contributed by atoms with E-state index in [0.29, 0.717) is 5.22 Å². The van der Waals surface area contributed by atoms with Crippen LogP contribution < -0.4 is 20.9 Å². The van der Waals surface area contributed by atoms with Gasteiger partial charge in [0.2, 0.25) is 0 Å². The largest absolute Gasteiger partial charge is 0.497 e. The number of rotatable bonds is 3. The van der Waals surface area contributed by atoms with Crippen molar-refractivity contribution >= 4 is 12.2 Å². The standard InChI is InChI=1S/C16H15N3O2/c1-21-13-6-4-11(5-7-13)9-15-14(16(20)19-18-15)10-12-3-2-8-17-12/h2-10,17-18H,1H3,(H,19,20). The van der Waals surface area contributed by atoms with Crippen LogP contribution in [0.5, 0.6) is 5.75 Å². The molecule has 2 heterocycles. The zero-order valence-corrected chi connectivity index (χ0v) is 11.5. The van der Waals surface area contributed by atoms with Gasteiger partial charge in [0.15, 0.2) is 0 Å². The summed E-state index contributed by atoms with van der Waals surface area (Å²) in [5.74, 6) is 0.799. The predicted molar refractivity (Wildman–Crippen MR) is 81.6 cm³/mol. The van der Waals surface area contributed by atoms with Gasteiger partial charge in [0.05, 0.1) is 17.7 Å². The highest BCUT2D eigenvalue weighted by Crippen LogP contribution is 2.11. The molecule has 0 spiro atoms. The Bertz CT molecular complexity index is 884. The molecule has 0 unspecified atom stereocenters. The number of ether oxygens (including phenoxy) is 1. The molecular weight excluding hydrogens is 266 g/mol. The molecule has 21 heavy (non-hydrogen) atoms. The summed E-state index contributed by atoms with van der Waals surface area (Å²) in [4.78, 5) is 14.9. The highest BCUT2D eigenvalue weighted by atomic mass is 16.5. The summed E-state index contributed by atoms with van der Waals surface area (Å²) in [6, 6.07) is 11.4. The summed E-state index contributed by atoms with van der Waals surface area (Å²) < 4.78 is 5.13. The van der Waals surface area contributed by atoms with Gasteiger partial charge in [0, 0.05) is 11.9 Å². The van der Waals surface area contributed by atoms with Crippen LogP contribution in [0.15, 0.2) is 47.4 Å². The molecule has 5 heteroatoms. The van der Waals surface area contributed by atoms with Crippen LogP contribution in [-0.2, 0) is 0 Å². The average Bonchev–Trinajstić information content (AvgIpc) is 3.13. The van der Waals surface area contributed by atoms with Crippen LogP contribution in [0.2, 0.25) is 0 Å². The molecule has 0 aliphatic rings. The number of H-pyrrole nitrogens is 3. The minimum Gasteiger partial charge on any atom is -0.497 e. The number of methoxy groups -OCH3 is 1. The van der Waals surface area contributed by atoms with E-state index in [2.05, 4.69) is 15.2 Å². The molecule has 3 rings (SSSR count). The molecule has 5 nitrogen and oxygen atoms in total. The van der Waals surface area contributed by atoms with Crippen molar-refractivity contribution in [2.24, 2.45) is 0 Å². The van der Waals surface area contributed by atoms with Gasteiger partial charge in [-0.3, -0.25) is 15.0 Å². The fourth-order valence-corrected chi connectivity index (χ4v) is 2.09. The Morgan fingerprint density at radius 2 is 1.86 bits per heavy atom. The Kier molecular flexibility index (Phi) is 3.47. The molecule has 0 atom stereocenters. The van der Waals surface area contributed by atoms with Gasteiger partial charge in [0.25, 0.3) is 5.56 Å². The van der Waals surface area contributed by atoms with E-state index >= 15 is 0 Å². The Morgan fingerprint density at radius 1 is 1.05 bits per heavy atom. The predicted octanol–water partition coefficient (Wildman–Crippen LogP) is 0.697. The highest BCUT2D eigenvalue weighted by Gasteiger charge is 1.97. The third-order valence-electron chi connectivity index (χ3n) is 3.19. The highest BCUT2D eigenvalue weighted by molar-refractivity contribution is 5.52. The lowest BCUT2D eigenvalue weighted by molar-refractivity contribution is 0.415. The van der Waals surface area contributed by atoms with Crippen molar-refractivity contribution < 1.29 is 4.74 Å². The SMILES string of the molecule is COc1ccc(C=c2[nH][nH]c(=O)c2=Cc2ccc[nH]2)cc1. The van der Waals surface area contributed by atoms with Gasteiger partial charge in [0.1, 0.15) is 5.75 Å². The maximum absolute atomic E-state index is 11.9. The summed E-state index contributed by atoms with van der Waals surface area (Å²) >= 11 is 0. The van der Waals surface area contributed by atoms with E-state index in [0.717, 1.165) is 22.4 Å². The number of nitrogens with one attached hydrogen (secondary N) is 3. The molecule has 106 valence electrons. The monoisotopic (exact) mass is 281 g/mol. The van der Waals surface area contributed by atoms with Crippen LogP contribution in [-0.4, -0.2) is 22.3 Å². The van der Waals surface area contributed by atoms with E-state index in [1.807, 2.05) is 54.7 Å². The lowest BCUT2D eigenvalue weighted by atomic mass is 10.2. The van der Waals surface area contributed by atoms with E-state index in [1.54, 1.807) is 7.11 Å². The zero-order valence-electron chi connectivity index (χ0n) is 11.5. The Hall–Kier alpha value is -2.95. The number of hydrogen-bond donors (Lipinski definition) is 3.